The molecular formula is C12H26N2. The van der Waals surface area contributed by atoms with Crippen molar-refractivity contribution in [2.45, 2.75) is 39.2 Å². The fraction of sp³-hybridized carbons (Fsp3) is 1.00. The molecule has 0 aliphatic carbocycles. The summed E-state index contributed by atoms with van der Waals surface area (Å²) in [6, 6.07) is 0.757. The van der Waals surface area contributed by atoms with Crippen molar-refractivity contribution in [1.29, 1.82) is 0 Å². The number of nitrogens with zero attached hydrogens (tertiary/aromatic N) is 2. The van der Waals surface area contributed by atoms with Crippen molar-refractivity contribution in [2.75, 3.05) is 34.2 Å². The Morgan fingerprint density at radius 1 is 1.43 bits per heavy atom. The maximum atomic E-state index is 2.51. The van der Waals surface area contributed by atoms with Crippen molar-refractivity contribution in [3.63, 3.8) is 0 Å². The van der Waals surface area contributed by atoms with Gasteiger partial charge < -0.3 is 9.80 Å². The van der Waals surface area contributed by atoms with Crippen LogP contribution in [-0.2, 0) is 0 Å². The van der Waals surface area contributed by atoms with E-state index in [2.05, 4.69) is 44.8 Å². The molecule has 0 spiro atoms. The molecule has 2 heteroatoms. The van der Waals surface area contributed by atoms with Gasteiger partial charge in [-0.15, -0.1) is 0 Å². The van der Waals surface area contributed by atoms with Crippen molar-refractivity contribution in [1.82, 2.24) is 9.80 Å². The van der Waals surface area contributed by atoms with Crippen molar-refractivity contribution in [2.24, 2.45) is 5.41 Å². The van der Waals surface area contributed by atoms with Crippen LogP contribution in [0.25, 0.3) is 0 Å². The number of rotatable bonds is 4. The van der Waals surface area contributed by atoms with Crippen LogP contribution in [0.15, 0.2) is 0 Å². The van der Waals surface area contributed by atoms with E-state index in [0.29, 0.717) is 5.41 Å². The van der Waals surface area contributed by atoms with Crippen LogP contribution in [0.4, 0.5) is 0 Å². The van der Waals surface area contributed by atoms with Crippen LogP contribution in [0.3, 0.4) is 0 Å². The lowest BCUT2D eigenvalue weighted by atomic mass is 9.75. The van der Waals surface area contributed by atoms with Gasteiger partial charge in [-0.25, -0.2) is 0 Å². The molecule has 1 rings (SSSR count). The summed E-state index contributed by atoms with van der Waals surface area (Å²) in [5, 5.41) is 0. The van der Waals surface area contributed by atoms with E-state index >= 15 is 0 Å². The fourth-order valence-electron chi connectivity index (χ4n) is 2.70. The average Bonchev–Trinajstić information content (AvgIpc) is 2.43. The van der Waals surface area contributed by atoms with Gasteiger partial charge in [0.05, 0.1) is 0 Å². The molecule has 2 atom stereocenters. The standard InChI is InChI=1S/C12H26N2/c1-6-12(7-9-13(3)4)8-10-14(5)11(12)2/h11H,6-10H2,1-5H3/t11-,12?/m0/s1. The molecule has 2 nitrogen and oxygen atoms in total. The van der Waals surface area contributed by atoms with Crippen molar-refractivity contribution < 1.29 is 0 Å². The van der Waals surface area contributed by atoms with Crippen LogP contribution in [0.5, 0.6) is 0 Å². The third kappa shape index (κ3) is 2.29. The molecule has 0 aromatic rings. The molecule has 0 amide bonds. The minimum atomic E-state index is 0.582. The number of hydrogen-bond acceptors (Lipinski definition) is 2. The second kappa shape index (κ2) is 4.63. The summed E-state index contributed by atoms with van der Waals surface area (Å²) in [4.78, 5) is 4.82. The first-order chi connectivity index (χ1) is 6.52. The average molecular weight is 198 g/mol. The quantitative estimate of drug-likeness (QED) is 0.682. The highest BCUT2D eigenvalue weighted by Gasteiger charge is 2.41. The first-order valence-electron chi connectivity index (χ1n) is 5.87. The molecule has 14 heavy (non-hydrogen) atoms. The van der Waals surface area contributed by atoms with E-state index in [-0.39, 0.29) is 0 Å². The van der Waals surface area contributed by atoms with Crippen molar-refractivity contribution in [3.8, 4) is 0 Å². The minimum Gasteiger partial charge on any atom is -0.309 e. The van der Waals surface area contributed by atoms with E-state index in [1.165, 1.54) is 32.4 Å². The summed E-state index contributed by atoms with van der Waals surface area (Å²) in [5.74, 6) is 0. The van der Waals surface area contributed by atoms with E-state index in [1.807, 2.05) is 0 Å². The lowest BCUT2D eigenvalue weighted by Gasteiger charge is -2.35. The van der Waals surface area contributed by atoms with E-state index in [9.17, 15) is 0 Å². The van der Waals surface area contributed by atoms with Crippen LogP contribution in [0.2, 0.25) is 0 Å². The Kier molecular flexibility index (Phi) is 3.96. The third-order valence-electron chi connectivity index (χ3n) is 4.27. The predicted octanol–water partition coefficient (Wildman–Crippen LogP) is 2.06. The summed E-state index contributed by atoms with van der Waals surface area (Å²) in [6.07, 6.45) is 4.06. The largest absolute Gasteiger partial charge is 0.309 e. The van der Waals surface area contributed by atoms with Crippen LogP contribution in [0.1, 0.15) is 33.1 Å². The lowest BCUT2D eigenvalue weighted by molar-refractivity contribution is 0.155. The molecular weight excluding hydrogens is 172 g/mol. The zero-order chi connectivity index (χ0) is 10.8. The molecule has 1 unspecified atom stereocenters. The third-order valence-corrected chi connectivity index (χ3v) is 4.27. The van der Waals surface area contributed by atoms with Crippen molar-refractivity contribution >= 4 is 0 Å². The van der Waals surface area contributed by atoms with Gasteiger partial charge in [0.15, 0.2) is 0 Å². The molecule has 0 N–H and O–H groups in total. The van der Waals surface area contributed by atoms with Gasteiger partial charge in [-0.3, -0.25) is 0 Å². The monoisotopic (exact) mass is 198 g/mol. The molecule has 1 aliphatic rings. The summed E-state index contributed by atoms with van der Waals surface area (Å²) < 4.78 is 0. The highest BCUT2D eigenvalue weighted by atomic mass is 15.2. The first kappa shape index (κ1) is 12.0. The zero-order valence-electron chi connectivity index (χ0n) is 10.5. The molecule has 84 valence electrons. The van der Waals surface area contributed by atoms with E-state index in [4.69, 9.17) is 0 Å². The summed E-state index contributed by atoms with van der Waals surface area (Å²) in [7, 11) is 6.61. The second-order valence-electron chi connectivity index (χ2n) is 5.18. The highest BCUT2D eigenvalue weighted by Crippen LogP contribution is 2.42. The maximum absolute atomic E-state index is 2.51. The van der Waals surface area contributed by atoms with Crippen LogP contribution in [0, 0.1) is 5.41 Å². The molecule has 1 saturated heterocycles. The smallest absolute Gasteiger partial charge is 0.0121 e. The Morgan fingerprint density at radius 2 is 2.07 bits per heavy atom. The van der Waals surface area contributed by atoms with Gasteiger partial charge in [0.25, 0.3) is 0 Å². The fourth-order valence-corrected chi connectivity index (χ4v) is 2.70. The van der Waals surface area contributed by atoms with Gasteiger partial charge in [-0.1, -0.05) is 6.92 Å². The Hall–Kier alpha value is -0.0800. The molecule has 1 aliphatic heterocycles. The van der Waals surface area contributed by atoms with Gasteiger partial charge >= 0.3 is 0 Å². The molecule has 0 saturated carbocycles. The van der Waals surface area contributed by atoms with E-state index in [1.54, 1.807) is 0 Å². The lowest BCUT2D eigenvalue weighted by Crippen LogP contribution is -2.37. The van der Waals surface area contributed by atoms with Crippen molar-refractivity contribution in [3.05, 3.63) is 0 Å². The molecule has 0 bridgehead atoms. The Bertz CT molecular complexity index is 179. The van der Waals surface area contributed by atoms with Crippen LogP contribution < -0.4 is 0 Å². The van der Waals surface area contributed by atoms with Crippen LogP contribution >= 0.6 is 0 Å². The first-order valence-corrected chi connectivity index (χ1v) is 5.87. The highest BCUT2D eigenvalue weighted by molar-refractivity contribution is 4.94. The van der Waals surface area contributed by atoms with Gasteiger partial charge in [0.1, 0.15) is 0 Å². The molecule has 0 aromatic heterocycles. The molecule has 0 aromatic carbocycles. The summed E-state index contributed by atoms with van der Waals surface area (Å²) in [5.41, 5.74) is 0.582. The molecule has 1 heterocycles. The normalized spacial score (nSPS) is 34.3. The maximum Gasteiger partial charge on any atom is 0.0121 e. The Labute approximate surface area is 89.3 Å². The van der Waals surface area contributed by atoms with Gasteiger partial charge in [0.2, 0.25) is 0 Å². The molecule has 1 fully saturated rings. The topological polar surface area (TPSA) is 6.48 Å². The Morgan fingerprint density at radius 3 is 2.43 bits per heavy atom. The van der Waals surface area contributed by atoms with Gasteiger partial charge in [-0.05, 0) is 65.8 Å². The van der Waals surface area contributed by atoms with Crippen LogP contribution in [-0.4, -0.2) is 50.1 Å². The predicted molar refractivity (Wildman–Crippen MR) is 62.6 cm³/mol. The number of hydrogen-bond donors (Lipinski definition) is 0. The van der Waals surface area contributed by atoms with Gasteiger partial charge in [-0.2, -0.15) is 0 Å². The summed E-state index contributed by atoms with van der Waals surface area (Å²) in [6.45, 7) is 7.26. The van der Waals surface area contributed by atoms with E-state index < -0.39 is 0 Å². The number of likely N-dealkylation sites (tertiary alicyclic amines) is 1. The van der Waals surface area contributed by atoms with Gasteiger partial charge in [0, 0.05) is 6.04 Å². The molecule has 0 radical (unpaired) electrons. The summed E-state index contributed by atoms with van der Waals surface area (Å²) >= 11 is 0. The SMILES string of the molecule is CCC1(CCN(C)C)CCN(C)[C@H]1C. The van der Waals surface area contributed by atoms with E-state index in [0.717, 1.165) is 6.04 Å². The second-order valence-corrected chi connectivity index (χ2v) is 5.18. The minimum absolute atomic E-state index is 0.582. The zero-order valence-corrected chi connectivity index (χ0v) is 10.5. The Balaban J connectivity index is 2.58.